The smallest absolute Gasteiger partial charge is 0.409 e. The largest absolute Gasteiger partial charge is 0.410 e. The molecule has 156 valence electrons. The number of nitrogens with two attached hydrogens (primary N) is 1. The maximum atomic E-state index is 13.6. The van der Waals surface area contributed by atoms with Gasteiger partial charge in [-0.2, -0.15) is 0 Å². The summed E-state index contributed by atoms with van der Waals surface area (Å²) in [6.45, 7) is 3.85. The van der Waals surface area contributed by atoms with Crippen molar-refractivity contribution in [2.45, 2.75) is 44.1 Å². The van der Waals surface area contributed by atoms with Gasteiger partial charge in [0.1, 0.15) is 5.75 Å². The van der Waals surface area contributed by atoms with Gasteiger partial charge in [-0.25, -0.2) is 4.79 Å². The molecule has 0 atom stereocenters. The van der Waals surface area contributed by atoms with Crippen LogP contribution in [0.5, 0.6) is 5.75 Å². The molecule has 3 N–H and O–H groups in total. The van der Waals surface area contributed by atoms with Crippen molar-refractivity contribution in [3.8, 4) is 5.75 Å². The highest BCUT2D eigenvalue weighted by Gasteiger charge is 2.47. The van der Waals surface area contributed by atoms with Crippen LogP contribution in [0.4, 0.5) is 4.79 Å². The Labute approximate surface area is 170 Å². The van der Waals surface area contributed by atoms with Gasteiger partial charge in [-0.05, 0) is 62.0 Å². The molecule has 2 saturated heterocycles. The van der Waals surface area contributed by atoms with Gasteiger partial charge in [0.05, 0.1) is 5.41 Å². The minimum atomic E-state index is -0.853. The van der Waals surface area contributed by atoms with E-state index in [2.05, 4.69) is 5.32 Å². The summed E-state index contributed by atoms with van der Waals surface area (Å²) in [6.07, 6.45) is 3.17. The summed E-state index contributed by atoms with van der Waals surface area (Å²) < 4.78 is 5.06. The number of piperidine rings is 2. The van der Waals surface area contributed by atoms with Crippen molar-refractivity contribution in [1.29, 1.82) is 0 Å². The molecule has 3 aliphatic rings. The summed E-state index contributed by atoms with van der Waals surface area (Å²) in [5, 5.41) is 3.34. The molecule has 1 spiro atoms. The minimum absolute atomic E-state index is 0.138. The first-order chi connectivity index (χ1) is 14.0. The molecule has 3 amide bonds. The summed E-state index contributed by atoms with van der Waals surface area (Å²) in [6, 6.07) is 5.43. The number of fused-ring (bicyclic) bond motifs is 2. The van der Waals surface area contributed by atoms with Gasteiger partial charge in [-0.1, -0.05) is 6.07 Å². The lowest BCUT2D eigenvalue weighted by Gasteiger charge is -2.46. The topological polar surface area (TPSA) is 105 Å². The molecule has 0 aliphatic carbocycles. The predicted molar refractivity (Wildman–Crippen MR) is 106 cm³/mol. The highest BCUT2D eigenvalue weighted by molar-refractivity contribution is 5.91. The van der Waals surface area contributed by atoms with Crippen molar-refractivity contribution in [3.05, 3.63) is 29.3 Å². The number of rotatable bonds is 4. The Morgan fingerprint density at radius 1 is 1.14 bits per heavy atom. The van der Waals surface area contributed by atoms with Crippen LogP contribution in [0.2, 0.25) is 0 Å². The molecular weight excluding hydrogens is 372 g/mol. The molecule has 2 fully saturated rings. The number of carbonyl (C=O) groups is 3. The molecular formula is C21H28N4O4. The standard InChI is InChI=1S/C21H28N4O4/c22-20(28)29-16-4-5-17-15(13-16)14-25(12-11-24-10-2-1-3-18(24)26)19(27)21(17)6-8-23-9-7-21/h4-5,13,23H,1-3,6-12,14H2,(H2,22,28). The average Bonchev–Trinajstić information content (AvgIpc) is 2.71. The molecule has 1 aromatic rings. The molecule has 0 unspecified atom stereocenters. The van der Waals surface area contributed by atoms with E-state index in [1.165, 1.54) is 0 Å². The minimum Gasteiger partial charge on any atom is -0.410 e. The van der Waals surface area contributed by atoms with E-state index in [4.69, 9.17) is 10.5 Å². The van der Waals surface area contributed by atoms with E-state index in [9.17, 15) is 14.4 Å². The Balaban J connectivity index is 1.60. The molecule has 29 heavy (non-hydrogen) atoms. The quantitative estimate of drug-likeness (QED) is 0.788. The van der Waals surface area contributed by atoms with E-state index in [0.29, 0.717) is 31.8 Å². The van der Waals surface area contributed by atoms with Gasteiger partial charge < -0.3 is 25.6 Å². The zero-order valence-corrected chi connectivity index (χ0v) is 16.6. The Hall–Kier alpha value is -2.61. The molecule has 1 aromatic carbocycles. The molecule has 3 heterocycles. The zero-order chi connectivity index (χ0) is 20.4. The first-order valence-corrected chi connectivity index (χ1v) is 10.4. The second-order valence-corrected chi connectivity index (χ2v) is 8.14. The molecule has 0 saturated carbocycles. The van der Waals surface area contributed by atoms with E-state index >= 15 is 0 Å². The number of hydrogen-bond donors (Lipinski definition) is 2. The SMILES string of the molecule is NC(=O)Oc1ccc2c(c1)CN(CCN1CCCCC1=O)C(=O)C21CCNCC1. The summed E-state index contributed by atoms with van der Waals surface area (Å²) >= 11 is 0. The summed E-state index contributed by atoms with van der Waals surface area (Å²) in [5.74, 6) is 0.704. The predicted octanol–water partition coefficient (Wildman–Crippen LogP) is 1.12. The van der Waals surface area contributed by atoms with Gasteiger partial charge in [0, 0.05) is 32.6 Å². The summed E-state index contributed by atoms with van der Waals surface area (Å²) in [4.78, 5) is 40.6. The molecule has 0 radical (unpaired) electrons. The Bertz CT molecular complexity index is 819. The van der Waals surface area contributed by atoms with Crippen molar-refractivity contribution in [2.24, 2.45) is 5.73 Å². The fraction of sp³-hybridized carbons (Fsp3) is 0.571. The number of primary amides is 1. The Morgan fingerprint density at radius 2 is 1.90 bits per heavy atom. The van der Waals surface area contributed by atoms with Crippen LogP contribution in [-0.2, 0) is 21.5 Å². The third-order valence-electron chi connectivity index (χ3n) is 6.39. The second-order valence-electron chi connectivity index (χ2n) is 8.14. The van der Waals surface area contributed by atoms with E-state index in [-0.39, 0.29) is 11.8 Å². The van der Waals surface area contributed by atoms with Crippen molar-refractivity contribution in [2.75, 3.05) is 32.7 Å². The first-order valence-electron chi connectivity index (χ1n) is 10.4. The normalized spacial score (nSPS) is 21.2. The van der Waals surface area contributed by atoms with Crippen molar-refractivity contribution >= 4 is 17.9 Å². The number of hydrogen-bond acceptors (Lipinski definition) is 5. The lowest BCUT2D eigenvalue weighted by Crippen LogP contribution is -2.56. The zero-order valence-electron chi connectivity index (χ0n) is 16.6. The van der Waals surface area contributed by atoms with Gasteiger partial charge in [0.2, 0.25) is 11.8 Å². The van der Waals surface area contributed by atoms with E-state index in [1.807, 2.05) is 21.9 Å². The number of carbonyl (C=O) groups excluding carboxylic acids is 3. The number of amides is 3. The maximum Gasteiger partial charge on any atom is 0.409 e. The summed E-state index contributed by atoms with van der Waals surface area (Å²) in [5.41, 5.74) is 6.60. The molecule has 0 aromatic heterocycles. The fourth-order valence-electron chi connectivity index (χ4n) is 4.90. The van der Waals surface area contributed by atoms with Crippen LogP contribution in [0.15, 0.2) is 18.2 Å². The molecule has 0 bridgehead atoms. The first kappa shape index (κ1) is 19.7. The van der Waals surface area contributed by atoms with Crippen LogP contribution in [0, 0.1) is 0 Å². The van der Waals surface area contributed by atoms with Crippen molar-refractivity contribution < 1.29 is 19.1 Å². The highest BCUT2D eigenvalue weighted by Crippen LogP contribution is 2.42. The van der Waals surface area contributed by atoms with Crippen LogP contribution < -0.4 is 15.8 Å². The van der Waals surface area contributed by atoms with Crippen LogP contribution in [-0.4, -0.2) is 60.4 Å². The molecule has 8 heteroatoms. The van der Waals surface area contributed by atoms with Gasteiger partial charge in [-0.3, -0.25) is 9.59 Å². The molecule has 3 aliphatic heterocycles. The number of likely N-dealkylation sites (tertiary alicyclic amines) is 1. The monoisotopic (exact) mass is 400 g/mol. The van der Waals surface area contributed by atoms with E-state index in [1.54, 1.807) is 6.07 Å². The number of nitrogens with zero attached hydrogens (tertiary/aromatic N) is 2. The second kappa shape index (κ2) is 8.02. The van der Waals surface area contributed by atoms with Gasteiger partial charge >= 0.3 is 6.09 Å². The van der Waals surface area contributed by atoms with Crippen LogP contribution in [0.25, 0.3) is 0 Å². The maximum absolute atomic E-state index is 13.6. The van der Waals surface area contributed by atoms with Crippen molar-refractivity contribution in [1.82, 2.24) is 15.1 Å². The van der Waals surface area contributed by atoms with Crippen LogP contribution >= 0.6 is 0 Å². The highest BCUT2D eigenvalue weighted by atomic mass is 16.5. The third kappa shape index (κ3) is 3.81. The van der Waals surface area contributed by atoms with Gasteiger partial charge in [0.15, 0.2) is 0 Å². The summed E-state index contributed by atoms with van der Waals surface area (Å²) in [7, 11) is 0. The molecule has 8 nitrogen and oxygen atoms in total. The lowest BCUT2D eigenvalue weighted by atomic mass is 9.68. The van der Waals surface area contributed by atoms with Crippen LogP contribution in [0.3, 0.4) is 0 Å². The van der Waals surface area contributed by atoms with E-state index < -0.39 is 11.5 Å². The third-order valence-corrected chi connectivity index (χ3v) is 6.39. The van der Waals surface area contributed by atoms with Gasteiger partial charge in [-0.15, -0.1) is 0 Å². The van der Waals surface area contributed by atoms with E-state index in [0.717, 1.165) is 56.4 Å². The molecule has 4 rings (SSSR count). The number of ether oxygens (including phenoxy) is 1. The fourth-order valence-corrected chi connectivity index (χ4v) is 4.90. The van der Waals surface area contributed by atoms with Gasteiger partial charge in [0.25, 0.3) is 0 Å². The number of nitrogens with one attached hydrogen (secondary N) is 1. The van der Waals surface area contributed by atoms with Crippen LogP contribution in [0.1, 0.15) is 43.2 Å². The number of benzene rings is 1. The van der Waals surface area contributed by atoms with Crippen molar-refractivity contribution in [3.63, 3.8) is 0 Å². The average molecular weight is 400 g/mol. The Morgan fingerprint density at radius 3 is 2.62 bits per heavy atom. The lowest BCUT2D eigenvalue weighted by molar-refractivity contribution is -0.142. The Kier molecular flexibility index (Phi) is 5.45.